The Morgan fingerprint density at radius 1 is 0.700 bits per heavy atom. The molecule has 0 aliphatic rings. The van der Waals surface area contributed by atoms with E-state index in [0.717, 1.165) is 41.6 Å². The van der Waals surface area contributed by atoms with E-state index in [0.29, 0.717) is 5.92 Å². The van der Waals surface area contributed by atoms with E-state index in [9.17, 15) is 0 Å². The average molecular weight is 404 g/mol. The Balaban J connectivity index is 1.90. The van der Waals surface area contributed by atoms with Crippen LogP contribution in [0.15, 0.2) is 72.8 Å². The van der Waals surface area contributed by atoms with Gasteiger partial charge in [-0.25, -0.2) is 0 Å². The molecule has 3 aromatic rings. The molecule has 158 valence electrons. The number of anilines is 3. The first-order valence-electron chi connectivity index (χ1n) is 10.8. The SMILES string of the molecule is CCC(C)Oc1ccc(N(c2ccc(C)cc2)c2ccc(OCC(C)C)cc2)cc1. The van der Waals surface area contributed by atoms with Crippen molar-refractivity contribution in [2.24, 2.45) is 5.92 Å². The van der Waals surface area contributed by atoms with Crippen molar-refractivity contribution >= 4 is 17.1 Å². The van der Waals surface area contributed by atoms with E-state index >= 15 is 0 Å². The molecule has 1 atom stereocenters. The average Bonchev–Trinajstić information content (AvgIpc) is 2.75. The normalized spacial score (nSPS) is 11.9. The highest BCUT2D eigenvalue weighted by molar-refractivity contribution is 5.77. The smallest absolute Gasteiger partial charge is 0.119 e. The van der Waals surface area contributed by atoms with Gasteiger partial charge in [0.15, 0.2) is 0 Å². The molecule has 0 spiro atoms. The third-order valence-electron chi connectivity index (χ3n) is 4.98. The molecular weight excluding hydrogens is 370 g/mol. The predicted molar refractivity (Wildman–Crippen MR) is 127 cm³/mol. The molecule has 0 aliphatic heterocycles. The van der Waals surface area contributed by atoms with Crippen LogP contribution in [0, 0.1) is 12.8 Å². The van der Waals surface area contributed by atoms with Gasteiger partial charge in [-0.15, -0.1) is 0 Å². The Bertz CT molecular complexity index is 899. The molecule has 3 nitrogen and oxygen atoms in total. The highest BCUT2D eigenvalue weighted by atomic mass is 16.5. The van der Waals surface area contributed by atoms with Crippen LogP contribution in [0.5, 0.6) is 11.5 Å². The Morgan fingerprint density at radius 2 is 1.17 bits per heavy atom. The number of aryl methyl sites for hydroxylation is 1. The molecule has 0 aliphatic carbocycles. The van der Waals surface area contributed by atoms with Gasteiger partial charge in [0, 0.05) is 17.1 Å². The lowest BCUT2D eigenvalue weighted by Crippen LogP contribution is -2.11. The van der Waals surface area contributed by atoms with E-state index in [1.165, 1.54) is 5.56 Å². The molecule has 0 aromatic heterocycles. The van der Waals surface area contributed by atoms with E-state index in [1.807, 2.05) is 24.3 Å². The summed E-state index contributed by atoms with van der Waals surface area (Å²) < 4.78 is 11.8. The highest BCUT2D eigenvalue weighted by Crippen LogP contribution is 2.36. The van der Waals surface area contributed by atoms with Gasteiger partial charge in [0.1, 0.15) is 11.5 Å². The van der Waals surface area contributed by atoms with Crippen LogP contribution in [-0.2, 0) is 0 Å². The van der Waals surface area contributed by atoms with Gasteiger partial charge in [-0.1, -0.05) is 38.5 Å². The first-order chi connectivity index (χ1) is 14.5. The first-order valence-corrected chi connectivity index (χ1v) is 10.8. The van der Waals surface area contributed by atoms with Gasteiger partial charge in [0.2, 0.25) is 0 Å². The largest absolute Gasteiger partial charge is 0.493 e. The molecule has 0 heterocycles. The zero-order valence-corrected chi connectivity index (χ0v) is 18.8. The quantitative estimate of drug-likeness (QED) is 0.366. The Labute approximate surface area is 181 Å². The molecule has 0 bridgehead atoms. The zero-order chi connectivity index (χ0) is 21.5. The number of hydrogen-bond donors (Lipinski definition) is 0. The lowest BCUT2D eigenvalue weighted by molar-refractivity contribution is 0.217. The Morgan fingerprint density at radius 3 is 1.63 bits per heavy atom. The van der Waals surface area contributed by atoms with Crippen LogP contribution in [0.4, 0.5) is 17.1 Å². The molecule has 0 amide bonds. The summed E-state index contributed by atoms with van der Waals surface area (Å²) in [5.74, 6) is 2.30. The van der Waals surface area contributed by atoms with Gasteiger partial charge < -0.3 is 14.4 Å². The van der Waals surface area contributed by atoms with Crippen LogP contribution < -0.4 is 14.4 Å². The molecule has 0 fully saturated rings. The number of ether oxygens (including phenoxy) is 2. The first kappa shape index (κ1) is 21.8. The summed E-state index contributed by atoms with van der Waals surface area (Å²) in [5, 5.41) is 0. The van der Waals surface area contributed by atoms with Crippen LogP contribution >= 0.6 is 0 Å². The molecule has 30 heavy (non-hydrogen) atoms. The predicted octanol–water partition coefficient (Wildman–Crippen LogP) is 7.68. The maximum atomic E-state index is 5.95. The molecule has 0 saturated heterocycles. The second-order valence-corrected chi connectivity index (χ2v) is 8.20. The van der Waals surface area contributed by atoms with Crippen molar-refractivity contribution in [2.45, 2.75) is 47.1 Å². The molecule has 0 saturated carbocycles. The van der Waals surface area contributed by atoms with Crippen molar-refractivity contribution in [3.05, 3.63) is 78.4 Å². The van der Waals surface area contributed by atoms with Crippen molar-refractivity contribution in [1.82, 2.24) is 0 Å². The fourth-order valence-electron chi connectivity index (χ4n) is 3.08. The van der Waals surface area contributed by atoms with Crippen LogP contribution in [0.3, 0.4) is 0 Å². The van der Waals surface area contributed by atoms with Crippen LogP contribution in [-0.4, -0.2) is 12.7 Å². The van der Waals surface area contributed by atoms with Gasteiger partial charge in [0.25, 0.3) is 0 Å². The summed E-state index contributed by atoms with van der Waals surface area (Å²) in [5.41, 5.74) is 4.54. The van der Waals surface area contributed by atoms with Crippen molar-refractivity contribution in [2.75, 3.05) is 11.5 Å². The van der Waals surface area contributed by atoms with Crippen LogP contribution in [0.25, 0.3) is 0 Å². The summed E-state index contributed by atoms with van der Waals surface area (Å²) in [7, 11) is 0. The van der Waals surface area contributed by atoms with Gasteiger partial charge in [-0.3, -0.25) is 0 Å². The van der Waals surface area contributed by atoms with Gasteiger partial charge in [0.05, 0.1) is 12.7 Å². The standard InChI is InChI=1S/C27H33NO2/c1-6-22(5)30-27-17-13-25(14-18-27)28(23-9-7-21(4)8-10-23)24-11-15-26(16-12-24)29-19-20(2)3/h7-18,20,22H,6,19H2,1-5H3. The fraction of sp³-hybridized carbons (Fsp3) is 0.333. The highest BCUT2D eigenvalue weighted by Gasteiger charge is 2.13. The van der Waals surface area contributed by atoms with Crippen molar-refractivity contribution < 1.29 is 9.47 Å². The van der Waals surface area contributed by atoms with Crippen LogP contribution in [0.2, 0.25) is 0 Å². The summed E-state index contributed by atoms with van der Waals surface area (Å²) in [6.45, 7) is 11.4. The molecule has 0 N–H and O–H groups in total. The lowest BCUT2D eigenvalue weighted by Gasteiger charge is -2.26. The molecule has 0 radical (unpaired) electrons. The summed E-state index contributed by atoms with van der Waals surface area (Å²) >= 11 is 0. The Kier molecular flexibility index (Phi) is 7.40. The van der Waals surface area contributed by atoms with Crippen molar-refractivity contribution in [3.8, 4) is 11.5 Å². The molecular formula is C27H33NO2. The maximum absolute atomic E-state index is 5.95. The monoisotopic (exact) mass is 403 g/mol. The number of benzene rings is 3. The van der Waals surface area contributed by atoms with E-state index < -0.39 is 0 Å². The molecule has 1 unspecified atom stereocenters. The van der Waals surface area contributed by atoms with E-state index in [2.05, 4.69) is 88.0 Å². The van der Waals surface area contributed by atoms with E-state index in [1.54, 1.807) is 0 Å². The number of nitrogens with zero attached hydrogens (tertiary/aromatic N) is 1. The summed E-state index contributed by atoms with van der Waals surface area (Å²) in [4.78, 5) is 2.25. The van der Waals surface area contributed by atoms with E-state index in [4.69, 9.17) is 9.47 Å². The minimum absolute atomic E-state index is 0.211. The summed E-state index contributed by atoms with van der Waals surface area (Å²) in [6, 6.07) is 25.2. The second kappa shape index (κ2) is 10.2. The molecule has 3 rings (SSSR count). The fourth-order valence-corrected chi connectivity index (χ4v) is 3.08. The third-order valence-corrected chi connectivity index (χ3v) is 4.98. The Hall–Kier alpha value is -2.94. The molecule has 3 heteroatoms. The number of rotatable bonds is 9. The minimum Gasteiger partial charge on any atom is -0.493 e. The van der Waals surface area contributed by atoms with Gasteiger partial charge in [-0.05, 0) is 86.8 Å². The summed E-state index contributed by atoms with van der Waals surface area (Å²) in [6.07, 6.45) is 1.20. The third kappa shape index (κ3) is 5.79. The van der Waals surface area contributed by atoms with Crippen molar-refractivity contribution in [3.63, 3.8) is 0 Å². The van der Waals surface area contributed by atoms with Gasteiger partial charge in [-0.2, -0.15) is 0 Å². The maximum Gasteiger partial charge on any atom is 0.119 e. The number of hydrogen-bond acceptors (Lipinski definition) is 3. The van der Waals surface area contributed by atoms with Crippen LogP contribution in [0.1, 0.15) is 39.7 Å². The lowest BCUT2D eigenvalue weighted by atomic mass is 10.1. The second-order valence-electron chi connectivity index (χ2n) is 8.20. The minimum atomic E-state index is 0.211. The zero-order valence-electron chi connectivity index (χ0n) is 18.8. The van der Waals surface area contributed by atoms with Crippen molar-refractivity contribution in [1.29, 1.82) is 0 Å². The van der Waals surface area contributed by atoms with Gasteiger partial charge >= 0.3 is 0 Å². The molecule has 3 aromatic carbocycles. The topological polar surface area (TPSA) is 21.7 Å². The van der Waals surface area contributed by atoms with E-state index in [-0.39, 0.29) is 6.10 Å².